The summed E-state index contributed by atoms with van der Waals surface area (Å²) in [5.74, 6) is -0.299. The Morgan fingerprint density at radius 3 is 2.47 bits per heavy atom. The van der Waals surface area contributed by atoms with E-state index in [1.165, 1.54) is 0 Å². The minimum absolute atomic E-state index is 0.0400. The smallest absolute Gasteiger partial charge is 0.332 e. The molecule has 0 amide bonds. The number of aliphatic hydroxyl groups is 1. The third-order valence-corrected chi connectivity index (χ3v) is 3.17. The van der Waals surface area contributed by atoms with Crippen LogP contribution in [0.4, 0.5) is 0 Å². The first-order valence-electron chi connectivity index (χ1n) is 7.05. The largest absolute Gasteiger partial charge is 0.464 e. The maximum absolute atomic E-state index is 11.1. The van der Waals surface area contributed by atoms with E-state index in [2.05, 4.69) is 9.80 Å². The number of nitrogens with zero attached hydrogens (tertiary/aromatic N) is 2. The summed E-state index contributed by atoms with van der Waals surface area (Å²) in [4.78, 5) is 15.7. The van der Waals surface area contributed by atoms with Crippen LogP contribution in [-0.4, -0.2) is 86.6 Å². The zero-order chi connectivity index (χ0) is 13.9. The summed E-state index contributed by atoms with van der Waals surface area (Å²) in [5.41, 5.74) is 0. The van der Waals surface area contributed by atoms with Crippen LogP contribution in [0.15, 0.2) is 0 Å². The summed E-state index contributed by atoms with van der Waals surface area (Å²) >= 11 is 0. The average molecular weight is 274 g/mol. The fourth-order valence-corrected chi connectivity index (χ4v) is 2.16. The van der Waals surface area contributed by atoms with E-state index in [0.29, 0.717) is 13.2 Å². The summed E-state index contributed by atoms with van der Waals surface area (Å²) in [6, 6.07) is 0. The van der Waals surface area contributed by atoms with Gasteiger partial charge in [0.15, 0.2) is 0 Å². The molecule has 19 heavy (non-hydrogen) atoms. The zero-order valence-electron chi connectivity index (χ0n) is 11.8. The fraction of sp³-hybridized carbons (Fsp3) is 0.923. The van der Waals surface area contributed by atoms with Gasteiger partial charge in [0, 0.05) is 26.2 Å². The number of carbonyl (C=O) groups is 1. The molecule has 6 heteroatoms. The molecule has 6 nitrogen and oxygen atoms in total. The summed E-state index contributed by atoms with van der Waals surface area (Å²) < 4.78 is 10.1. The quantitative estimate of drug-likeness (QED) is 0.478. The normalized spacial score (nSPS) is 18.2. The van der Waals surface area contributed by atoms with E-state index >= 15 is 0 Å². The van der Waals surface area contributed by atoms with Crippen LogP contribution in [0.25, 0.3) is 0 Å². The first-order chi connectivity index (χ1) is 9.26. The molecule has 1 heterocycles. The van der Waals surface area contributed by atoms with Crippen LogP contribution < -0.4 is 0 Å². The molecular formula is C13H26N2O4. The molecule has 1 aliphatic heterocycles. The SMILES string of the molecule is CCOC(=O)COCCN1CCCN(CCO)CC1. The van der Waals surface area contributed by atoms with Gasteiger partial charge in [0.1, 0.15) is 6.61 Å². The number of rotatable bonds is 8. The van der Waals surface area contributed by atoms with Gasteiger partial charge in [0.2, 0.25) is 0 Å². The lowest BCUT2D eigenvalue weighted by Gasteiger charge is -2.20. The molecule has 1 aliphatic rings. The number of hydrogen-bond donors (Lipinski definition) is 1. The number of carbonyl (C=O) groups excluding carboxylic acids is 1. The number of β-amino-alcohol motifs (C(OH)–C–C–N with tert-alkyl or cyclic N) is 1. The second-order valence-electron chi connectivity index (χ2n) is 4.62. The highest BCUT2D eigenvalue weighted by Crippen LogP contribution is 2.02. The van der Waals surface area contributed by atoms with Crippen LogP contribution in [0.1, 0.15) is 13.3 Å². The molecule has 0 saturated carbocycles. The predicted molar refractivity (Wildman–Crippen MR) is 72.0 cm³/mol. The molecule has 112 valence electrons. The molecule has 0 radical (unpaired) electrons. The highest BCUT2D eigenvalue weighted by molar-refractivity contribution is 5.70. The van der Waals surface area contributed by atoms with E-state index in [4.69, 9.17) is 14.6 Å². The number of aliphatic hydroxyl groups excluding tert-OH is 1. The van der Waals surface area contributed by atoms with Gasteiger partial charge in [-0.1, -0.05) is 0 Å². The van der Waals surface area contributed by atoms with E-state index < -0.39 is 0 Å². The molecule has 0 aromatic carbocycles. The summed E-state index contributed by atoms with van der Waals surface area (Å²) in [6.07, 6.45) is 1.11. The molecule has 0 aromatic rings. The summed E-state index contributed by atoms with van der Waals surface area (Å²) in [5, 5.41) is 8.93. The van der Waals surface area contributed by atoms with Crippen LogP contribution in [0.2, 0.25) is 0 Å². The second-order valence-corrected chi connectivity index (χ2v) is 4.62. The second kappa shape index (κ2) is 10.1. The summed E-state index contributed by atoms with van der Waals surface area (Å²) in [6.45, 7) is 8.66. The van der Waals surface area contributed by atoms with Gasteiger partial charge >= 0.3 is 5.97 Å². The van der Waals surface area contributed by atoms with Crippen molar-refractivity contribution in [3.63, 3.8) is 0 Å². The number of hydrogen-bond acceptors (Lipinski definition) is 6. The lowest BCUT2D eigenvalue weighted by atomic mass is 10.4. The molecular weight excluding hydrogens is 248 g/mol. The van der Waals surface area contributed by atoms with Gasteiger partial charge < -0.3 is 14.6 Å². The van der Waals surface area contributed by atoms with Crippen molar-refractivity contribution in [1.82, 2.24) is 9.80 Å². The van der Waals surface area contributed by atoms with Gasteiger partial charge in [0.25, 0.3) is 0 Å². The molecule has 0 atom stereocenters. The Balaban J connectivity index is 2.08. The Bertz CT molecular complexity index is 251. The van der Waals surface area contributed by atoms with Crippen molar-refractivity contribution in [3.8, 4) is 0 Å². The van der Waals surface area contributed by atoms with Gasteiger partial charge in [-0.25, -0.2) is 4.79 Å². The van der Waals surface area contributed by atoms with Crippen molar-refractivity contribution in [3.05, 3.63) is 0 Å². The Morgan fingerprint density at radius 1 is 1.16 bits per heavy atom. The van der Waals surface area contributed by atoms with Gasteiger partial charge in [0.05, 0.1) is 19.8 Å². The van der Waals surface area contributed by atoms with E-state index in [1.54, 1.807) is 6.92 Å². The van der Waals surface area contributed by atoms with Gasteiger partial charge in [-0.05, 0) is 26.4 Å². The van der Waals surface area contributed by atoms with E-state index in [-0.39, 0.29) is 19.2 Å². The first kappa shape index (κ1) is 16.4. The maximum atomic E-state index is 11.1. The topological polar surface area (TPSA) is 62.2 Å². The van der Waals surface area contributed by atoms with E-state index in [0.717, 1.165) is 45.7 Å². The van der Waals surface area contributed by atoms with Crippen LogP contribution in [0.5, 0.6) is 0 Å². The van der Waals surface area contributed by atoms with Crippen molar-refractivity contribution in [2.45, 2.75) is 13.3 Å². The van der Waals surface area contributed by atoms with Crippen molar-refractivity contribution in [2.75, 3.05) is 65.7 Å². The molecule has 1 fully saturated rings. The van der Waals surface area contributed by atoms with Crippen LogP contribution >= 0.6 is 0 Å². The molecule has 0 aliphatic carbocycles. The van der Waals surface area contributed by atoms with E-state index in [9.17, 15) is 4.79 Å². The molecule has 0 spiro atoms. The standard InChI is InChI=1S/C13H26N2O4/c1-2-19-13(17)12-18-11-9-15-5-3-4-14(6-7-15)8-10-16/h16H,2-12H2,1H3. The molecule has 1 N–H and O–H groups in total. The Morgan fingerprint density at radius 2 is 1.84 bits per heavy atom. The third-order valence-electron chi connectivity index (χ3n) is 3.17. The maximum Gasteiger partial charge on any atom is 0.332 e. The number of ether oxygens (including phenoxy) is 2. The van der Waals surface area contributed by atoms with Crippen molar-refractivity contribution < 1.29 is 19.4 Å². The Labute approximate surface area is 115 Å². The minimum atomic E-state index is -0.299. The van der Waals surface area contributed by atoms with Crippen LogP contribution in [-0.2, 0) is 14.3 Å². The van der Waals surface area contributed by atoms with Gasteiger partial charge in [-0.2, -0.15) is 0 Å². The van der Waals surface area contributed by atoms with Gasteiger partial charge in [-0.15, -0.1) is 0 Å². The van der Waals surface area contributed by atoms with E-state index in [1.807, 2.05) is 0 Å². The lowest BCUT2D eigenvalue weighted by Crippen LogP contribution is -2.34. The lowest BCUT2D eigenvalue weighted by molar-refractivity contribution is -0.148. The zero-order valence-corrected chi connectivity index (χ0v) is 11.8. The van der Waals surface area contributed by atoms with Crippen molar-refractivity contribution >= 4 is 5.97 Å². The van der Waals surface area contributed by atoms with Crippen molar-refractivity contribution in [2.24, 2.45) is 0 Å². The highest BCUT2D eigenvalue weighted by Gasteiger charge is 2.14. The van der Waals surface area contributed by atoms with Crippen molar-refractivity contribution in [1.29, 1.82) is 0 Å². The Kier molecular flexibility index (Phi) is 8.73. The average Bonchev–Trinajstić information content (AvgIpc) is 2.61. The summed E-state index contributed by atoms with van der Waals surface area (Å²) in [7, 11) is 0. The predicted octanol–water partition coefficient (Wildman–Crippen LogP) is -0.434. The molecule has 0 aromatic heterocycles. The third kappa shape index (κ3) is 7.47. The Hall–Kier alpha value is -0.690. The minimum Gasteiger partial charge on any atom is -0.464 e. The first-order valence-corrected chi connectivity index (χ1v) is 7.05. The highest BCUT2D eigenvalue weighted by atomic mass is 16.6. The molecule has 1 rings (SSSR count). The molecule has 1 saturated heterocycles. The monoisotopic (exact) mass is 274 g/mol. The molecule has 0 unspecified atom stereocenters. The fourth-order valence-electron chi connectivity index (χ4n) is 2.16. The van der Waals surface area contributed by atoms with Gasteiger partial charge in [-0.3, -0.25) is 9.80 Å². The van der Waals surface area contributed by atoms with Crippen LogP contribution in [0.3, 0.4) is 0 Å². The molecule has 0 bridgehead atoms. The van der Waals surface area contributed by atoms with Crippen LogP contribution in [0, 0.1) is 0 Å². The number of esters is 1.